The molecule has 4 nitrogen and oxygen atoms in total. The van der Waals surface area contributed by atoms with Crippen LogP contribution in [-0.4, -0.2) is 40.9 Å². The van der Waals surface area contributed by atoms with Gasteiger partial charge in [0.05, 0.1) is 18.4 Å². The first kappa shape index (κ1) is 16.3. The molecule has 1 fully saturated rings. The van der Waals surface area contributed by atoms with Gasteiger partial charge in [-0.15, -0.1) is 0 Å². The van der Waals surface area contributed by atoms with Crippen LogP contribution in [0.3, 0.4) is 0 Å². The Morgan fingerprint density at radius 1 is 1.33 bits per heavy atom. The van der Waals surface area contributed by atoms with Crippen LogP contribution in [0, 0.1) is 11.8 Å². The lowest BCUT2D eigenvalue weighted by Gasteiger charge is -2.26. The maximum Gasteiger partial charge on any atom is 0.0726 e. The van der Waals surface area contributed by atoms with E-state index in [9.17, 15) is 0 Å². The Kier molecular flexibility index (Phi) is 6.55. The largest absolute Gasteiger partial charge is 0.382 e. The average Bonchev–Trinajstić information content (AvgIpc) is 2.94. The third-order valence-corrected chi connectivity index (χ3v) is 4.81. The number of aromatic nitrogens is 2. The van der Waals surface area contributed by atoms with Gasteiger partial charge in [0.25, 0.3) is 0 Å². The van der Waals surface area contributed by atoms with Crippen LogP contribution in [0.5, 0.6) is 0 Å². The number of rotatable bonds is 8. The van der Waals surface area contributed by atoms with Crippen LogP contribution < -0.4 is 5.32 Å². The zero-order chi connectivity index (χ0) is 15.1. The van der Waals surface area contributed by atoms with Crippen molar-refractivity contribution in [2.75, 3.05) is 31.5 Å². The first-order chi connectivity index (χ1) is 10.2. The van der Waals surface area contributed by atoms with Crippen molar-refractivity contribution < 1.29 is 0 Å². The second-order valence-corrected chi connectivity index (χ2v) is 6.54. The van der Waals surface area contributed by atoms with Crippen LogP contribution in [0.25, 0.3) is 0 Å². The Hall–Kier alpha value is -1.03. The van der Waals surface area contributed by atoms with E-state index in [2.05, 4.69) is 47.0 Å². The predicted octanol–water partition coefficient (Wildman–Crippen LogP) is 3.46. The summed E-state index contributed by atoms with van der Waals surface area (Å²) in [6.07, 6.45) is 9.69. The molecule has 0 aliphatic heterocycles. The fourth-order valence-electron chi connectivity index (χ4n) is 3.37. The molecule has 0 saturated heterocycles. The third kappa shape index (κ3) is 5.34. The van der Waals surface area contributed by atoms with E-state index in [0.29, 0.717) is 0 Å². The monoisotopic (exact) mass is 292 g/mol. The molecule has 1 aromatic heterocycles. The summed E-state index contributed by atoms with van der Waals surface area (Å²) in [5, 5.41) is 8.04. The van der Waals surface area contributed by atoms with E-state index in [1.165, 1.54) is 31.4 Å². The number of hydrogen-bond acceptors (Lipinski definition) is 3. The van der Waals surface area contributed by atoms with Crippen LogP contribution in [0.15, 0.2) is 12.4 Å². The Labute approximate surface area is 129 Å². The summed E-state index contributed by atoms with van der Waals surface area (Å²) >= 11 is 0. The highest BCUT2D eigenvalue weighted by Gasteiger charge is 2.18. The van der Waals surface area contributed by atoms with Crippen LogP contribution in [0.1, 0.15) is 46.5 Å². The molecule has 4 heteroatoms. The SMILES string of the molecule is CCN(CC)CCn1cc(NCC2CCCC(C)C2)cn1. The summed E-state index contributed by atoms with van der Waals surface area (Å²) in [5.41, 5.74) is 1.17. The molecule has 1 N–H and O–H groups in total. The highest BCUT2D eigenvalue weighted by Crippen LogP contribution is 2.28. The summed E-state index contributed by atoms with van der Waals surface area (Å²) in [5.74, 6) is 1.75. The van der Waals surface area contributed by atoms with Crippen molar-refractivity contribution in [1.82, 2.24) is 14.7 Å². The fourth-order valence-corrected chi connectivity index (χ4v) is 3.37. The molecule has 21 heavy (non-hydrogen) atoms. The van der Waals surface area contributed by atoms with Gasteiger partial charge in [0.2, 0.25) is 0 Å². The van der Waals surface area contributed by atoms with Crippen molar-refractivity contribution in [1.29, 1.82) is 0 Å². The van der Waals surface area contributed by atoms with E-state index >= 15 is 0 Å². The highest BCUT2D eigenvalue weighted by molar-refractivity contribution is 5.38. The van der Waals surface area contributed by atoms with Crippen LogP contribution in [0.2, 0.25) is 0 Å². The molecule has 1 aromatic rings. The molecule has 1 aliphatic carbocycles. The smallest absolute Gasteiger partial charge is 0.0726 e. The lowest BCUT2D eigenvalue weighted by atomic mass is 9.82. The van der Waals surface area contributed by atoms with Gasteiger partial charge in [0, 0.05) is 19.3 Å². The van der Waals surface area contributed by atoms with Gasteiger partial charge in [-0.3, -0.25) is 4.68 Å². The molecule has 1 aliphatic rings. The van der Waals surface area contributed by atoms with E-state index in [0.717, 1.165) is 44.6 Å². The standard InChI is InChI=1S/C17H32N4/c1-4-20(5-2)9-10-21-14-17(13-19-21)18-12-16-8-6-7-15(3)11-16/h13-16,18H,4-12H2,1-3H3. The summed E-state index contributed by atoms with van der Waals surface area (Å²) < 4.78 is 2.06. The van der Waals surface area contributed by atoms with Crippen molar-refractivity contribution in [2.24, 2.45) is 11.8 Å². The maximum absolute atomic E-state index is 4.46. The second kappa shape index (κ2) is 8.42. The van der Waals surface area contributed by atoms with E-state index in [4.69, 9.17) is 0 Å². The van der Waals surface area contributed by atoms with Crippen LogP contribution >= 0.6 is 0 Å². The molecule has 0 spiro atoms. The van der Waals surface area contributed by atoms with Gasteiger partial charge in [-0.1, -0.05) is 33.6 Å². The number of likely N-dealkylation sites (N-methyl/N-ethyl adjacent to an activating group) is 1. The van der Waals surface area contributed by atoms with Gasteiger partial charge in [-0.2, -0.15) is 5.10 Å². The van der Waals surface area contributed by atoms with Crippen molar-refractivity contribution in [3.8, 4) is 0 Å². The molecule has 1 saturated carbocycles. The van der Waals surface area contributed by atoms with Crippen molar-refractivity contribution in [3.63, 3.8) is 0 Å². The first-order valence-corrected chi connectivity index (χ1v) is 8.70. The molecule has 1 heterocycles. The summed E-state index contributed by atoms with van der Waals surface area (Å²) in [7, 11) is 0. The average molecular weight is 292 g/mol. The lowest BCUT2D eigenvalue weighted by Crippen LogP contribution is -2.27. The van der Waals surface area contributed by atoms with Gasteiger partial charge in [0.1, 0.15) is 0 Å². The zero-order valence-corrected chi connectivity index (χ0v) is 14.0. The summed E-state index contributed by atoms with van der Waals surface area (Å²) in [6, 6.07) is 0. The predicted molar refractivity (Wildman–Crippen MR) is 89.6 cm³/mol. The molecule has 0 radical (unpaired) electrons. The van der Waals surface area contributed by atoms with Gasteiger partial charge in [-0.05, 0) is 37.8 Å². The van der Waals surface area contributed by atoms with Crippen molar-refractivity contribution in [2.45, 2.75) is 53.0 Å². The van der Waals surface area contributed by atoms with E-state index in [-0.39, 0.29) is 0 Å². The highest BCUT2D eigenvalue weighted by atomic mass is 15.3. The van der Waals surface area contributed by atoms with Gasteiger partial charge in [0.15, 0.2) is 0 Å². The summed E-state index contributed by atoms with van der Waals surface area (Å²) in [6.45, 7) is 12.2. The molecule has 0 amide bonds. The van der Waals surface area contributed by atoms with Gasteiger partial charge in [-0.25, -0.2) is 0 Å². The van der Waals surface area contributed by atoms with Crippen LogP contribution in [-0.2, 0) is 6.54 Å². The Morgan fingerprint density at radius 2 is 2.14 bits per heavy atom. The number of hydrogen-bond donors (Lipinski definition) is 1. The number of nitrogens with zero attached hydrogens (tertiary/aromatic N) is 3. The fraction of sp³-hybridized carbons (Fsp3) is 0.824. The third-order valence-electron chi connectivity index (χ3n) is 4.81. The quantitative estimate of drug-likeness (QED) is 0.796. The molecule has 0 bridgehead atoms. The molecule has 2 rings (SSSR count). The Balaban J connectivity index is 1.72. The number of nitrogens with one attached hydrogen (secondary N) is 1. The van der Waals surface area contributed by atoms with Gasteiger partial charge < -0.3 is 10.2 Å². The topological polar surface area (TPSA) is 33.1 Å². The minimum atomic E-state index is 0.841. The molecule has 2 atom stereocenters. The molecule has 120 valence electrons. The Bertz CT molecular complexity index is 397. The molecule has 0 aromatic carbocycles. The zero-order valence-electron chi connectivity index (χ0n) is 14.0. The normalized spacial score (nSPS) is 22.7. The summed E-state index contributed by atoms with van der Waals surface area (Å²) in [4.78, 5) is 2.43. The van der Waals surface area contributed by atoms with Crippen molar-refractivity contribution >= 4 is 5.69 Å². The number of anilines is 1. The first-order valence-electron chi connectivity index (χ1n) is 8.70. The van der Waals surface area contributed by atoms with Crippen molar-refractivity contribution in [3.05, 3.63) is 12.4 Å². The molecular weight excluding hydrogens is 260 g/mol. The maximum atomic E-state index is 4.46. The van der Waals surface area contributed by atoms with Crippen LogP contribution in [0.4, 0.5) is 5.69 Å². The van der Waals surface area contributed by atoms with E-state index < -0.39 is 0 Å². The second-order valence-electron chi connectivity index (χ2n) is 6.54. The van der Waals surface area contributed by atoms with Gasteiger partial charge >= 0.3 is 0 Å². The lowest BCUT2D eigenvalue weighted by molar-refractivity contribution is 0.285. The minimum Gasteiger partial charge on any atom is -0.382 e. The molecule has 2 unspecified atom stereocenters. The van der Waals surface area contributed by atoms with E-state index in [1.807, 2.05) is 6.20 Å². The minimum absolute atomic E-state index is 0.841. The van der Waals surface area contributed by atoms with E-state index in [1.54, 1.807) is 0 Å². The Morgan fingerprint density at radius 3 is 2.86 bits per heavy atom. The molecular formula is C17H32N4.